The second kappa shape index (κ2) is 8.43. The topological polar surface area (TPSA) is 73.7 Å². The SMILES string of the molecule is Cc1ccc(NCC(=O)N/N=C/c2cc(C)c(O)c(Br)c2)cc1C(F)(F)F. The van der Waals surface area contributed by atoms with Crippen LogP contribution in [-0.2, 0) is 11.0 Å². The molecule has 0 unspecified atom stereocenters. The molecule has 9 heteroatoms. The molecule has 0 fully saturated rings. The molecule has 0 aliphatic heterocycles. The monoisotopic (exact) mass is 443 g/mol. The predicted octanol–water partition coefficient (Wildman–Crippen LogP) is 4.35. The maximum absolute atomic E-state index is 12.9. The molecule has 2 rings (SSSR count). The third-order valence-electron chi connectivity index (χ3n) is 3.68. The Hall–Kier alpha value is -2.55. The number of nitrogens with zero attached hydrogens (tertiary/aromatic N) is 1. The molecule has 1 amide bonds. The molecule has 27 heavy (non-hydrogen) atoms. The summed E-state index contributed by atoms with van der Waals surface area (Å²) >= 11 is 3.20. The number of nitrogens with one attached hydrogen (secondary N) is 2. The van der Waals surface area contributed by atoms with Crippen LogP contribution in [0, 0.1) is 13.8 Å². The van der Waals surface area contributed by atoms with E-state index in [2.05, 4.69) is 31.8 Å². The Bertz CT molecular complexity index is 860. The van der Waals surface area contributed by atoms with Crippen LogP contribution in [0.1, 0.15) is 22.3 Å². The van der Waals surface area contributed by atoms with Crippen LogP contribution in [-0.4, -0.2) is 23.8 Å². The molecule has 5 nitrogen and oxygen atoms in total. The van der Waals surface area contributed by atoms with Crippen LogP contribution in [0.4, 0.5) is 18.9 Å². The van der Waals surface area contributed by atoms with Gasteiger partial charge in [0.15, 0.2) is 0 Å². The molecule has 0 atom stereocenters. The van der Waals surface area contributed by atoms with Gasteiger partial charge in [0.05, 0.1) is 22.8 Å². The van der Waals surface area contributed by atoms with Crippen molar-refractivity contribution < 1.29 is 23.1 Å². The molecule has 3 N–H and O–H groups in total. The van der Waals surface area contributed by atoms with E-state index in [0.717, 1.165) is 6.07 Å². The zero-order valence-corrected chi connectivity index (χ0v) is 16.1. The van der Waals surface area contributed by atoms with Gasteiger partial charge in [-0.25, -0.2) is 5.43 Å². The lowest BCUT2D eigenvalue weighted by atomic mass is 10.1. The van der Waals surface area contributed by atoms with Crippen LogP contribution in [0.25, 0.3) is 0 Å². The summed E-state index contributed by atoms with van der Waals surface area (Å²) < 4.78 is 39.2. The predicted molar refractivity (Wildman–Crippen MR) is 101 cm³/mol. The summed E-state index contributed by atoms with van der Waals surface area (Å²) in [7, 11) is 0. The lowest BCUT2D eigenvalue weighted by Gasteiger charge is -2.13. The number of anilines is 1. The van der Waals surface area contributed by atoms with Gasteiger partial charge in [-0.2, -0.15) is 18.3 Å². The maximum Gasteiger partial charge on any atom is 0.416 e. The number of carbonyl (C=O) groups excluding carboxylic acids is 1. The number of hydrogen-bond acceptors (Lipinski definition) is 4. The Balaban J connectivity index is 1.93. The van der Waals surface area contributed by atoms with Crippen molar-refractivity contribution >= 4 is 33.7 Å². The molecular formula is C18H17BrF3N3O2. The number of hydrogen-bond donors (Lipinski definition) is 3. The first kappa shape index (κ1) is 20.8. The van der Waals surface area contributed by atoms with E-state index in [0.29, 0.717) is 15.6 Å². The lowest BCUT2D eigenvalue weighted by molar-refractivity contribution is -0.138. The molecular weight excluding hydrogens is 427 g/mol. The van der Waals surface area contributed by atoms with Gasteiger partial charge in [-0.3, -0.25) is 4.79 Å². The molecule has 0 aliphatic carbocycles. The zero-order valence-electron chi connectivity index (χ0n) is 14.5. The number of benzene rings is 2. The smallest absolute Gasteiger partial charge is 0.416 e. The fourth-order valence-corrected chi connectivity index (χ4v) is 2.85. The van der Waals surface area contributed by atoms with Crippen molar-refractivity contribution in [1.29, 1.82) is 0 Å². The normalized spacial score (nSPS) is 11.6. The van der Waals surface area contributed by atoms with Crippen molar-refractivity contribution in [3.05, 3.63) is 57.1 Å². The molecule has 0 radical (unpaired) electrons. The quantitative estimate of drug-likeness (QED) is 0.474. The summed E-state index contributed by atoms with van der Waals surface area (Å²) in [5.74, 6) is -0.397. The number of hydrazone groups is 1. The van der Waals surface area contributed by atoms with E-state index in [1.165, 1.54) is 25.3 Å². The Kier molecular flexibility index (Phi) is 6.48. The highest BCUT2D eigenvalue weighted by molar-refractivity contribution is 9.10. The molecule has 0 aliphatic rings. The van der Waals surface area contributed by atoms with Crippen LogP contribution in [0.2, 0.25) is 0 Å². The molecule has 0 spiro atoms. The van der Waals surface area contributed by atoms with Crippen LogP contribution in [0.5, 0.6) is 5.75 Å². The summed E-state index contributed by atoms with van der Waals surface area (Å²) in [5, 5.41) is 16.1. The molecule has 0 bridgehead atoms. The van der Waals surface area contributed by atoms with Crippen LogP contribution < -0.4 is 10.7 Å². The van der Waals surface area contributed by atoms with Crippen molar-refractivity contribution in [1.82, 2.24) is 5.43 Å². The highest BCUT2D eigenvalue weighted by Crippen LogP contribution is 2.33. The standard InChI is InChI=1S/C18H17BrF3N3O2/c1-10-3-4-13(7-14(10)18(20,21)22)23-9-16(26)25-24-8-12-5-11(2)17(27)15(19)6-12/h3-8,23,27H,9H2,1-2H3,(H,25,26)/b24-8+. The third-order valence-corrected chi connectivity index (χ3v) is 4.28. The number of amides is 1. The minimum Gasteiger partial charge on any atom is -0.506 e. The van der Waals surface area contributed by atoms with Gasteiger partial charge in [-0.1, -0.05) is 6.07 Å². The van der Waals surface area contributed by atoms with Gasteiger partial charge in [-0.05, 0) is 70.7 Å². The number of alkyl halides is 3. The summed E-state index contributed by atoms with van der Waals surface area (Å²) in [6.45, 7) is 2.85. The second-order valence-electron chi connectivity index (χ2n) is 5.84. The Morgan fingerprint density at radius 2 is 1.93 bits per heavy atom. The lowest BCUT2D eigenvalue weighted by Crippen LogP contribution is -2.26. The number of aryl methyl sites for hydroxylation is 2. The molecule has 2 aromatic rings. The van der Waals surface area contributed by atoms with Crippen molar-refractivity contribution in [3.63, 3.8) is 0 Å². The first-order chi connectivity index (χ1) is 12.6. The zero-order chi connectivity index (χ0) is 20.2. The number of phenols is 1. The minimum absolute atomic E-state index is 0.109. The summed E-state index contributed by atoms with van der Waals surface area (Å²) in [6, 6.07) is 7.08. The molecule has 2 aromatic carbocycles. The molecule has 144 valence electrons. The number of phenolic OH excluding ortho intramolecular Hbond substituents is 1. The van der Waals surface area contributed by atoms with E-state index < -0.39 is 17.6 Å². The van der Waals surface area contributed by atoms with Crippen molar-refractivity contribution in [3.8, 4) is 5.75 Å². The fraction of sp³-hybridized carbons (Fsp3) is 0.222. The van der Waals surface area contributed by atoms with Gasteiger partial charge in [0.2, 0.25) is 0 Å². The Morgan fingerprint density at radius 1 is 1.22 bits per heavy atom. The minimum atomic E-state index is -4.45. The van der Waals surface area contributed by atoms with Crippen molar-refractivity contribution in [2.24, 2.45) is 5.10 Å². The molecule has 0 saturated carbocycles. The third kappa shape index (κ3) is 5.72. The van der Waals surface area contributed by atoms with E-state index in [4.69, 9.17) is 0 Å². The number of rotatable bonds is 5. The van der Waals surface area contributed by atoms with Crippen molar-refractivity contribution in [2.45, 2.75) is 20.0 Å². The maximum atomic E-state index is 12.9. The second-order valence-corrected chi connectivity index (χ2v) is 6.70. The highest BCUT2D eigenvalue weighted by Gasteiger charge is 2.32. The highest BCUT2D eigenvalue weighted by atomic mass is 79.9. The Morgan fingerprint density at radius 3 is 2.56 bits per heavy atom. The van der Waals surface area contributed by atoms with E-state index in [1.54, 1.807) is 19.1 Å². The summed E-state index contributed by atoms with van der Waals surface area (Å²) in [6.07, 6.45) is -3.06. The first-order valence-corrected chi connectivity index (χ1v) is 8.60. The average molecular weight is 444 g/mol. The van der Waals surface area contributed by atoms with Crippen molar-refractivity contribution in [2.75, 3.05) is 11.9 Å². The van der Waals surface area contributed by atoms with Gasteiger partial charge in [0, 0.05) is 5.69 Å². The van der Waals surface area contributed by atoms with Gasteiger partial charge in [-0.15, -0.1) is 0 Å². The fourth-order valence-electron chi connectivity index (χ4n) is 2.28. The molecule has 0 saturated heterocycles. The average Bonchev–Trinajstić information content (AvgIpc) is 2.58. The number of carbonyl (C=O) groups is 1. The van der Waals surface area contributed by atoms with Gasteiger partial charge in [0.1, 0.15) is 5.75 Å². The van der Waals surface area contributed by atoms with E-state index in [9.17, 15) is 23.1 Å². The largest absolute Gasteiger partial charge is 0.506 e. The van der Waals surface area contributed by atoms with Gasteiger partial charge >= 0.3 is 6.18 Å². The van der Waals surface area contributed by atoms with Crippen LogP contribution >= 0.6 is 15.9 Å². The first-order valence-electron chi connectivity index (χ1n) is 7.80. The van der Waals surface area contributed by atoms with Gasteiger partial charge < -0.3 is 10.4 Å². The van der Waals surface area contributed by atoms with E-state index in [1.807, 2.05) is 0 Å². The summed E-state index contributed by atoms with van der Waals surface area (Å²) in [5.41, 5.74) is 3.11. The number of aromatic hydroxyl groups is 1. The van der Waals surface area contributed by atoms with Crippen LogP contribution in [0.3, 0.4) is 0 Å². The van der Waals surface area contributed by atoms with Crippen LogP contribution in [0.15, 0.2) is 39.9 Å². The Labute approximate surface area is 162 Å². The molecule has 0 heterocycles. The molecule has 0 aromatic heterocycles. The van der Waals surface area contributed by atoms with Gasteiger partial charge in [0.25, 0.3) is 5.91 Å². The van der Waals surface area contributed by atoms with E-state index in [-0.39, 0.29) is 23.5 Å². The summed E-state index contributed by atoms with van der Waals surface area (Å²) in [4.78, 5) is 11.8. The number of halogens is 4. The van der Waals surface area contributed by atoms with E-state index >= 15 is 0 Å².